The molecule has 3 saturated heterocycles. The molecule has 0 aromatic heterocycles. The summed E-state index contributed by atoms with van der Waals surface area (Å²) < 4.78 is 18.1. The highest BCUT2D eigenvalue weighted by molar-refractivity contribution is 6.31. The Morgan fingerprint density at radius 3 is 2.20 bits per heavy atom. The Kier molecular flexibility index (Phi) is 10.7. The van der Waals surface area contributed by atoms with Gasteiger partial charge in [0.25, 0.3) is 0 Å². The van der Waals surface area contributed by atoms with Crippen molar-refractivity contribution < 1.29 is 19.0 Å². The number of hydrogen-bond donors (Lipinski definition) is 1. The van der Waals surface area contributed by atoms with Crippen LogP contribution in [0.5, 0.6) is 5.75 Å². The van der Waals surface area contributed by atoms with Gasteiger partial charge in [-0.15, -0.1) is 0 Å². The fourth-order valence-corrected chi connectivity index (χ4v) is 9.52. The number of anilines is 1. The Bertz CT molecular complexity index is 1510. The van der Waals surface area contributed by atoms with E-state index in [-0.39, 0.29) is 29.1 Å². The van der Waals surface area contributed by atoms with Crippen molar-refractivity contribution in [2.75, 3.05) is 57.4 Å². The molecule has 1 amide bonds. The monoisotopic (exact) mass is 705 g/mol. The van der Waals surface area contributed by atoms with Crippen LogP contribution in [-0.4, -0.2) is 86.2 Å². The number of nitrogens with one attached hydrogen (secondary N) is 1. The lowest BCUT2D eigenvalue weighted by molar-refractivity contribution is -0.174. The molecule has 4 fully saturated rings. The minimum atomic E-state index is -0.441. The molecule has 4 aliphatic rings. The van der Waals surface area contributed by atoms with E-state index < -0.39 is 5.60 Å². The number of halogens is 1. The van der Waals surface area contributed by atoms with Crippen LogP contribution in [0.15, 0.2) is 42.5 Å². The summed E-state index contributed by atoms with van der Waals surface area (Å²) in [6.45, 7) is 23.0. The number of piperidine rings is 1. The molecule has 6 rings (SSSR count). The maximum atomic E-state index is 12.4. The fourth-order valence-electron chi connectivity index (χ4n) is 9.30. The van der Waals surface area contributed by atoms with Gasteiger partial charge in [-0.05, 0) is 81.2 Å². The second kappa shape index (κ2) is 14.5. The first-order chi connectivity index (χ1) is 23.6. The predicted octanol–water partition coefficient (Wildman–Crippen LogP) is 7.17. The first-order valence-electron chi connectivity index (χ1n) is 18.4. The molecule has 2 atom stereocenters. The summed E-state index contributed by atoms with van der Waals surface area (Å²) in [4.78, 5) is 19.6. The van der Waals surface area contributed by atoms with Crippen molar-refractivity contribution in [2.24, 2.45) is 28.6 Å². The number of carbonyl (C=O) groups is 1. The minimum Gasteiger partial charge on any atom is -0.489 e. The Hall–Kier alpha value is -3.03. The lowest BCUT2D eigenvalue weighted by Gasteiger charge is -2.63. The first-order valence-corrected chi connectivity index (χ1v) is 18.7. The molecule has 1 N–H and O–H groups in total. The van der Waals surface area contributed by atoms with Gasteiger partial charge in [0.05, 0.1) is 23.9 Å². The number of nitriles is 1. The maximum absolute atomic E-state index is 12.4. The van der Waals surface area contributed by atoms with E-state index in [1.165, 1.54) is 24.3 Å². The second-order valence-electron chi connectivity index (χ2n) is 17.2. The second-order valence-corrected chi connectivity index (χ2v) is 17.7. The number of amides is 1. The van der Waals surface area contributed by atoms with Crippen LogP contribution in [0.25, 0.3) is 0 Å². The van der Waals surface area contributed by atoms with E-state index >= 15 is 0 Å². The third-order valence-electron chi connectivity index (χ3n) is 11.5. The number of ether oxygens (including phenoxy) is 3. The Balaban J connectivity index is 0.894. The van der Waals surface area contributed by atoms with Crippen LogP contribution in [0.3, 0.4) is 0 Å². The van der Waals surface area contributed by atoms with E-state index in [2.05, 4.69) is 73.1 Å². The lowest BCUT2D eigenvalue weighted by Crippen LogP contribution is -2.74. The molecule has 2 unspecified atom stereocenters. The van der Waals surface area contributed by atoms with Gasteiger partial charge in [-0.3, -0.25) is 5.32 Å². The van der Waals surface area contributed by atoms with Crippen LogP contribution in [0.4, 0.5) is 10.5 Å². The van der Waals surface area contributed by atoms with Crippen molar-refractivity contribution in [3.8, 4) is 11.8 Å². The molecule has 1 saturated carbocycles. The van der Waals surface area contributed by atoms with Crippen LogP contribution in [-0.2, 0) is 16.1 Å². The van der Waals surface area contributed by atoms with Crippen molar-refractivity contribution in [1.82, 2.24) is 15.1 Å². The lowest BCUT2D eigenvalue weighted by atomic mass is 9.49. The molecule has 9 nitrogen and oxygen atoms in total. The molecule has 0 radical (unpaired) electrons. The van der Waals surface area contributed by atoms with Crippen molar-refractivity contribution >= 4 is 23.4 Å². The van der Waals surface area contributed by atoms with Gasteiger partial charge in [-0.2, -0.15) is 5.26 Å². The number of benzene rings is 2. The van der Waals surface area contributed by atoms with Crippen LogP contribution in [0.1, 0.15) is 72.4 Å². The highest BCUT2D eigenvalue weighted by atomic mass is 35.5. The summed E-state index contributed by atoms with van der Waals surface area (Å²) in [6.07, 6.45) is 1.93. The summed E-state index contributed by atoms with van der Waals surface area (Å²) in [5, 5.41) is 13.2. The summed E-state index contributed by atoms with van der Waals surface area (Å²) in [5.74, 6) is 2.78. The maximum Gasteiger partial charge on any atom is 0.410 e. The minimum absolute atomic E-state index is 0.0205. The highest BCUT2D eigenvalue weighted by Gasteiger charge is 2.63. The topological polar surface area (TPSA) is 90.3 Å². The van der Waals surface area contributed by atoms with Crippen molar-refractivity contribution in [2.45, 2.75) is 85.7 Å². The average Bonchev–Trinajstić information content (AvgIpc) is 3.62. The molecule has 3 heterocycles. The van der Waals surface area contributed by atoms with Crippen LogP contribution in [0.2, 0.25) is 5.02 Å². The van der Waals surface area contributed by atoms with Gasteiger partial charge in [-0.25, -0.2) is 4.79 Å². The van der Waals surface area contributed by atoms with Gasteiger partial charge in [0.1, 0.15) is 23.5 Å². The van der Waals surface area contributed by atoms with Crippen LogP contribution < -0.4 is 15.0 Å². The zero-order valence-corrected chi connectivity index (χ0v) is 31.8. The number of hydrogen-bond acceptors (Lipinski definition) is 8. The molecular weight excluding hydrogens is 650 g/mol. The number of fused-ring (bicyclic) bond motifs is 1. The molecule has 2 aromatic rings. The predicted molar refractivity (Wildman–Crippen MR) is 197 cm³/mol. The Morgan fingerprint density at radius 2 is 1.62 bits per heavy atom. The fraction of sp³-hybridized carbons (Fsp3) is 0.650. The van der Waals surface area contributed by atoms with Crippen LogP contribution >= 0.6 is 11.6 Å². The number of nitrogens with zero attached hydrogens (tertiary/aromatic N) is 4. The molecule has 10 heteroatoms. The standard InChI is InChI=1S/C40H56ClN5O4/c1-38(2,3)50-37(47)45-16-14-27(15-17-45)20-44-21-30-23-46(24-31(30)22-44)32-11-8-28(9-12-32)25-48-26-43-35-39(4,5)36(40(35,6)7)49-33-13-10-29(19-42)34(41)18-33/h8-13,18,27,30-31,35-36,43H,14-17,20-26H2,1-7H3. The normalized spacial score (nSPS) is 26.3. The van der Waals surface area contributed by atoms with Gasteiger partial charge < -0.3 is 28.9 Å². The SMILES string of the molecule is CC(C)(C)OC(=O)N1CCC(CN2CC3CN(c4ccc(COCNC5C(C)(C)C(Oc6ccc(C#N)c(Cl)c6)C5(C)C)cc4)CC3C2)CC1. The molecule has 0 spiro atoms. The third kappa shape index (κ3) is 8.04. The first kappa shape index (κ1) is 36.8. The highest BCUT2D eigenvalue weighted by Crippen LogP contribution is 2.55. The summed E-state index contributed by atoms with van der Waals surface area (Å²) in [6, 6.07) is 16.5. The van der Waals surface area contributed by atoms with E-state index in [4.69, 9.17) is 25.8 Å². The van der Waals surface area contributed by atoms with Crippen molar-refractivity contribution in [1.29, 1.82) is 5.26 Å². The molecule has 3 aliphatic heterocycles. The molecular formula is C40H56ClN5O4. The molecule has 0 bridgehead atoms. The quantitative estimate of drug-likeness (QED) is 0.206. The van der Waals surface area contributed by atoms with Gasteiger partial charge in [0.2, 0.25) is 0 Å². The summed E-state index contributed by atoms with van der Waals surface area (Å²) in [7, 11) is 0. The zero-order chi connectivity index (χ0) is 35.8. The number of rotatable bonds is 10. The Morgan fingerprint density at radius 1 is 0.980 bits per heavy atom. The molecule has 1 aliphatic carbocycles. The van der Waals surface area contributed by atoms with Gasteiger partial charge in [0, 0.05) is 74.4 Å². The zero-order valence-electron chi connectivity index (χ0n) is 31.0. The van der Waals surface area contributed by atoms with Gasteiger partial charge in [0.15, 0.2) is 0 Å². The van der Waals surface area contributed by atoms with E-state index in [0.717, 1.165) is 57.4 Å². The molecule has 2 aromatic carbocycles. The molecule has 50 heavy (non-hydrogen) atoms. The van der Waals surface area contributed by atoms with Gasteiger partial charge >= 0.3 is 6.09 Å². The number of carbonyl (C=O) groups excluding carboxylic acids is 1. The van der Waals surface area contributed by atoms with Crippen molar-refractivity contribution in [3.63, 3.8) is 0 Å². The van der Waals surface area contributed by atoms with E-state index in [1.54, 1.807) is 12.1 Å². The van der Waals surface area contributed by atoms with Crippen LogP contribution in [0, 0.1) is 39.9 Å². The van der Waals surface area contributed by atoms with Gasteiger partial charge in [-0.1, -0.05) is 51.4 Å². The van der Waals surface area contributed by atoms with E-state index in [9.17, 15) is 10.1 Å². The largest absolute Gasteiger partial charge is 0.489 e. The molecule has 272 valence electrons. The summed E-state index contributed by atoms with van der Waals surface area (Å²) >= 11 is 6.25. The Labute approximate surface area is 304 Å². The van der Waals surface area contributed by atoms with E-state index in [0.29, 0.717) is 35.6 Å². The van der Waals surface area contributed by atoms with E-state index in [1.807, 2.05) is 31.7 Å². The third-order valence-corrected chi connectivity index (χ3v) is 11.8. The average molecular weight is 706 g/mol. The smallest absolute Gasteiger partial charge is 0.410 e. The van der Waals surface area contributed by atoms with Crippen molar-refractivity contribution in [3.05, 3.63) is 58.6 Å². The number of likely N-dealkylation sites (tertiary alicyclic amines) is 2. The summed E-state index contributed by atoms with van der Waals surface area (Å²) in [5.41, 5.74) is 2.23.